The molecule has 2 atom stereocenters. The van der Waals surface area contributed by atoms with Gasteiger partial charge in [0.2, 0.25) is 0 Å². The van der Waals surface area contributed by atoms with E-state index in [2.05, 4.69) is 5.32 Å². The van der Waals surface area contributed by atoms with Gasteiger partial charge in [-0.15, -0.1) is 12.4 Å². The van der Waals surface area contributed by atoms with Crippen LogP contribution in [0, 0.1) is 0 Å². The fourth-order valence-electron chi connectivity index (χ4n) is 3.37. The standard InChI is InChI=1S/C21H24F3NO2.ClH/c1-13(25-4)26-16-9-10-17-18(12-20(2,3)27-19(17)11-16)14-5-7-15(8-6-14)21(22,23)24;/h5-11,13,18,25H,12H2,1-4H3;1H. The highest BCUT2D eigenvalue weighted by molar-refractivity contribution is 5.85. The Kier molecular flexibility index (Phi) is 6.56. The van der Waals surface area contributed by atoms with Crippen molar-refractivity contribution in [3.63, 3.8) is 0 Å². The van der Waals surface area contributed by atoms with E-state index >= 15 is 0 Å². The van der Waals surface area contributed by atoms with Gasteiger partial charge in [0.15, 0.2) is 0 Å². The van der Waals surface area contributed by atoms with Crippen LogP contribution in [0.3, 0.4) is 0 Å². The summed E-state index contributed by atoms with van der Waals surface area (Å²) in [5, 5.41) is 3.01. The van der Waals surface area contributed by atoms with Crippen molar-refractivity contribution >= 4 is 12.4 Å². The maximum Gasteiger partial charge on any atom is 0.416 e. The van der Waals surface area contributed by atoms with Gasteiger partial charge in [-0.2, -0.15) is 13.2 Å². The highest BCUT2D eigenvalue weighted by Gasteiger charge is 2.36. The fraction of sp³-hybridized carbons (Fsp3) is 0.429. The van der Waals surface area contributed by atoms with Gasteiger partial charge in [0, 0.05) is 17.5 Å². The first kappa shape index (κ1) is 22.4. The van der Waals surface area contributed by atoms with Gasteiger partial charge in [0.05, 0.1) is 5.56 Å². The lowest BCUT2D eigenvalue weighted by atomic mass is 9.80. The quantitative estimate of drug-likeness (QED) is 0.643. The summed E-state index contributed by atoms with van der Waals surface area (Å²) in [6.45, 7) is 5.86. The SMILES string of the molecule is CNC(C)Oc1ccc2c(c1)OC(C)(C)CC2c1ccc(C(F)(F)F)cc1.Cl. The molecule has 0 spiro atoms. The largest absolute Gasteiger partial charge is 0.487 e. The maximum absolute atomic E-state index is 12.9. The molecular weight excluding hydrogens is 391 g/mol. The molecule has 1 aliphatic heterocycles. The van der Waals surface area contributed by atoms with Crippen molar-refractivity contribution in [3.05, 3.63) is 59.2 Å². The zero-order chi connectivity index (χ0) is 19.8. The number of hydrogen-bond acceptors (Lipinski definition) is 3. The van der Waals surface area contributed by atoms with Crippen molar-refractivity contribution in [1.29, 1.82) is 0 Å². The van der Waals surface area contributed by atoms with E-state index < -0.39 is 17.3 Å². The number of hydrogen-bond donors (Lipinski definition) is 1. The third kappa shape index (κ3) is 4.92. The summed E-state index contributed by atoms with van der Waals surface area (Å²) < 4.78 is 50.5. The minimum absolute atomic E-state index is 0. The lowest BCUT2D eigenvalue weighted by molar-refractivity contribution is -0.137. The Hall–Kier alpha value is -1.92. The number of fused-ring (bicyclic) bond motifs is 1. The molecule has 1 N–H and O–H groups in total. The first-order valence-corrected chi connectivity index (χ1v) is 8.93. The van der Waals surface area contributed by atoms with E-state index in [1.165, 1.54) is 0 Å². The van der Waals surface area contributed by atoms with E-state index in [0.29, 0.717) is 17.9 Å². The van der Waals surface area contributed by atoms with Crippen LogP contribution in [0.2, 0.25) is 0 Å². The molecule has 3 rings (SSSR count). The van der Waals surface area contributed by atoms with E-state index in [9.17, 15) is 13.2 Å². The second kappa shape index (κ2) is 8.21. The van der Waals surface area contributed by atoms with Crippen LogP contribution in [-0.2, 0) is 6.18 Å². The molecule has 2 unspecified atom stereocenters. The summed E-state index contributed by atoms with van der Waals surface area (Å²) in [6, 6.07) is 11.1. The molecule has 0 saturated heterocycles. The first-order chi connectivity index (χ1) is 12.6. The second-order valence-electron chi connectivity index (χ2n) is 7.49. The Morgan fingerprint density at radius 1 is 1.14 bits per heavy atom. The molecule has 7 heteroatoms. The maximum atomic E-state index is 12.9. The van der Waals surface area contributed by atoms with Crippen molar-refractivity contribution in [3.8, 4) is 11.5 Å². The van der Waals surface area contributed by atoms with Crippen LogP contribution in [0.1, 0.15) is 49.8 Å². The van der Waals surface area contributed by atoms with Gasteiger partial charge >= 0.3 is 6.18 Å². The Morgan fingerprint density at radius 2 is 1.79 bits per heavy atom. The normalized spacial score (nSPS) is 19.0. The number of rotatable bonds is 4. The van der Waals surface area contributed by atoms with Crippen LogP contribution in [0.4, 0.5) is 13.2 Å². The van der Waals surface area contributed by atoms with Gasteiger partial charge in [-0.05, 0) is 58.0 Å². The van der Waals surface area contributed by atoms with E-state index in [0.717, 1.165) is 23.3 Å². The average molecular weight is 416 g/mol. The van der Waals surface area contributed by atoms with Crippen molar-refractivity contribution in [2.75, 3.05) is 7.05 Å². The smallest absolute Gasteiger partial charge is 0.416 e. The monoisotopic (exact) mass is 415 g/mol. The fourth-order valence-corrected chi connectivity index (χ4v) is 3.37. The first-order valence-electron chi connectivity index (χ1n) is 8.93. The Bertz CT molecular complexity index is 806. The Labute approximate surface area is 169 Å². The summed E-state index contributed by atoms with van der Waals surface area (Å²) in [5.41, 5.74) is 0.729. The third-order valence-electron chi connectivity index (χ3n) is 4.80. The summed E-state index contributed by atoms with van der Waals surface area (Å²) in [4.78, 5) is 0. The minimum atomic E-state index is -4.33. The lowest BCUT2D eigenvalue weighted by Gasteiger charge is -2.38. The van der Waals surface area contributed by atoms with Crippen molar-refractivity contribution in [1.82, 2.24) is 5.32 Å². The summed E-state index contributed by atoms with van der Waals surface area (Å²) >= 11 is 0. The predicted molar refractivity (Wildman–Crippen MR) is 105 cm³/mol. The summed E-state index contributed by atoms with van der Waals surface area (Å²) in [6.07, 6.45) is -3.80. The van der Waals surface area contributed by atoms with Crippen LogP contribution in [0.25, 0.3) is 0 Å². The van der Waals surface area contributed by atoms with Gasteiger partial charge in [0.25, 0.3) is 0 Å². The Balaban J connectivity index is 0.00000280. The van der Waals surface area contributed by atoms with Crippen molar-refractivity contribution < 1.29 is 22.6 Å². The number of nitrogens with one attached hydrogen (secondary N) is 1. The molecule has 1 heterocycles. The highest BCUT2D eigenvalue weighted by Crippen LogP contribution is 2.45. The zero-order valence-corrected chi connectivity index (χ0v) is 17.1. The lowest BCUT2D eigenvalue weighted by Crippen LogP contribution is -2.35. The molecule has 0 aliphatic carbocycles. The average Bonchev–Trinajstić information content (AvgIpc) is 2.59. The van der Waals surface area contributed by atoms with Gasteiger partial charge in [0.1, 0.15) is 23.3 Å². The molecule has 3 nitrogen and oxygen atoms in total. The van der Waals surface area contributed by atoms with Gasteiger partial charge in [-0.25, -0.2) is 0 Å². The molecule has 2 aromatic rings. The zero-order valence-electron chi connectivity index (χ0n) is 16.3. The molecule has 0 aromatic heterocycles. The summed E-state index contributed by atoms with van der Waals surface area (Å²) in [7, 11) is 1.81. The molecule has 154 valence electrons. The Morgan fingerprint density at radius 3 is 2.36 bits per heavy atom. The molecule has 1 aliphatic rings. The molecule has 0 bridgehead atoms. The molecule has 0 amide bonds. The predicted octanol–water partition coefficient (Wildman–Crippen LogP) is 5.76. The molecule has 0 radical (unpaired) electrons. The van der Waals surface area contributed by atoms with Crippen LogP contribution in [0.15, 0.2) is 42.5 Å². The number of ether oxygens (including phenoxy) is 2. The van der Waals surface area contributed by atoms with E-state index in [-0.39, 0.29) is 24.6 Å². The molecular formula is C21H25ClF3NO2. The van der Waals surface area contributed by atoms with Gasteiger partial charge < -0.3 is 9.47 Å². The van der Waals surface area contributed by atoms with Crippen molar-refractivity contribution in [2.45, 2.75) is 51.1 Å². The second-order valence-corrected chi connectivity index (χ2v) is 7.49. The van der Waals surface area contributed by atoms with Crippen LogP contribution < -0.4 is 14.8 Å². The molecule has 0 fully saturated rings. The van der Waals surface area contributed by atoms with Crippen LogP contribution in [-0.4, -0.2) is 18.9 Å². The molecule has 0 saturated carbocycles. The van der Waals surface area contributed by atoms with Crippen LogP contribution in [0.5, 0.6) is 11.5 Å². The minimum Gasteiger partial charge on any atom is -0.487 e. The van der Waals surface area contributed by atoms with E-state index in [1.807, 2.05) is 46.0 Å². The molecule has 2 aromatic carbocycles. The van der Waals surface area contributed by atoms with Gasteiger partial charge in [-0.3, -0.25) is 5.32 Å². The number of halogens is 4. The topological polar surface area (TPSA) is 30.5 Å². The molecule has 28 heavy (non-hydrogen) atoms. The van der Waals surface area contributed by atoms with Crippen molar-refractivity contribution in [2.24, 2.45) is 0 Å². The van der Waals surface area contributed by atoms with E-state index in [1.54, 1.807) is 12.1 Å². The number of benzene rings is 2. The van der Waals surface area contributed by atoms with Crippen LogP contribution >= 0.6 is 12.4 Å². The summed E-state index contributed by atoms with van der Waals surface area (Å²) in [5.74, 6) is 1.35. The number of alkyl halides is 3. The van der Waals surface area contributed by atoms with Gasteiger partial charge in [-0.1, -0.05) is 18.2 Å². The third-order valence-corrected chi connectivity index (χ3v) is 4.80. The highest BCUT2D eigenvalue weighted by atomic mass is 35.5. The van der Waals surface area contributed by atoms with E-state index in [4.69, 9.17) is 9.47 Å².